The molecule has 5 aromatic rings. The molecule has 2 aromatic heterocycles. The fourth-order valence-electron chi connectivity index (χ4n) is 3.56. The van der Waals surface area contributed by atoms with Crippen molar-refractivity contribution in [3.63, 3.8) is 0 Å². The molecule has 0 aliphatic rings. The monoisotopic (exact) mass is 485 g/mol. The van der Waals surface area contributed by atoms with Crippen molar-refractivity contribution in [1.82, 2.24) is 10.4 Å². The van der Waals surface area contributed by atoms with Gasteiger partial charge in [-0.3, -0.25) is 4.79 Å². The lowest BCUT2D eigenvalue weighted by Crippen LogP contribution is -2.18. The minimum absolute atomic E-state index is 0.344. The molecule has 0 fully saturated rings. The summed E-state index contributed by atoms with van der Waals surface area (Å²) in [5.74, 6) is 0.744. The lowest BCUT2D eigenvalue weighted by atomic mass is 10.0. The summed E-state index contributed by atoms with van der Waals surface area (Å²) in [6.07, 6.45) is 1.44. The van der Waals surface area contributed by atoms with Crippen molar-refractivity contribution >= 4 is 46.2 Å². The molecular formula is C27H17Cl2N3O2. The van der Waals surface area contributed by atoms with Crippen LogP contribution in [0.1, 0.15) is 16.1 Å². The van der Waals surface area contributed by atoms with E-state index in [1.165, 1.54) is 6.21 Å². The van der Waals surface area contributed by atoms with Crippen LogP contribution in [0.4, 0.5) is 0 Å². The van der Waals surface area contributed by atoms with E-state index in [2.05, 4.69) is 10.5 Å². The maximum Gasteiger partial charge on any atom is 0.272 e. The first-order valence-corrected chi connectivity index (χ1v) is 11.2. The van der Waals surface area contributed by atoms with Crippen molar-refractivity contribution in [3.05, 3.63) is 112 Å². The Morgan fingerprint density at radius 2 is 1.65 bits per heavy atom. The van der Waals surface area contributed by atoms with Crippen LogP contribution in [0.5, 0.6) is 0 Å². The van der Waals surface area contributed by atoms with Gasteiger partial charge in [0.25, 0.3) is 5.91 Å². The van der Waals surface area contributed by atoms with Gasteiger partial charge in [0.15, 0.2) is 0 Å². The van der Waals surface area contributed by atoms with Crippen LogP contribution >= 0.6 is 23.2 Å². The predicted molar refractivity (Wildman–Crippen MR) is 136 cm³/mol. The van der Waals surface area contributed by atoms with Gasteiger partial charge in [0.1, 0.15) is 11.5 Å². The molecule has 0 atom stereocenters. The van der Waals surface area contributed by atoms with Crippen molar-refractivity contribution in [1.29, 1.82) is 0 Å². The largest absolute Gasteiger partial charge is 0.455 e. The fourth-order valence-corrected chi connectivity index (χ4v) is 3.86. The van der Waals surface area contributed by atoms with E-state index < -0.39 is 0 Å². The highest BCUT2D eigenvalue weighted by molar-refractivity contribution is 6.42. The number of benzene rings is 3. The first-order chi connectivity index (χ1) is 16.6. The fraction of sp³-hybridized carbons (Fsp3) is 0. The van der Waals surface area contributed by atoms with E-state index in [4.69, 9.17) is 32.6 Å². The van der Waals surface area contributed by atoms with Crippen LogP contribution in [-0.4, -0.2) is 17.1 Å². The first kappa shape index (κ1) is 21.9. The number of aromatic nitrogens is 1. The molecule has 3 aromatic carbocycles. The molecule has 0 unspecified atom stereocenters. The molecule has 1 N–H and O–H groups in total. The Labute approximate surface area is 205 Å². The number of halogens is 2. The smallest absolute Gasteiger partial charge is 0.272 e. The lowest BCUT2D eigenvalue weighted by Gasteiger charge is -2.09. The number of nitrogens with one attached hydrogen (secondary N) is 1. The second-order valence-corrected chi connectivity index (χ2v) is 8.28. The number of nitrogens with zero attached hydrogens (tertiary/aromatic N) is 2. The Morgan fingerprint density at radius 3 is 2.47 bits per heavy atom. The molecule has 7 heteroatoms. The molecule has 5 rings (SSSR count). The molecule has 0 aliphatic heterocycles. The average molecular weight is 486 g/mol. The standard InChI is InChI=1S/C27H17Cl2N3O2/c28-22-12-10-18(14-23(22)29)26-13-11-19(34-26)16-30-32-27(33)21-15-25(17-6-2-1-3-7-17)31-24-9-5-4-8-20(21)24/h1-16H,(H,32,33)/b30-16-. The third kappa shape index (κ3) is 4.57. The molecule has 0 radical (unpaired) electrons. The normalized spacial score (nSPS) is 11.2. The third-order valence-electron chi connectivity index (χ3n) is 5.22. The quantitative estimate of drug-likeness (QED) is 0.211. The van der Waals surface area contributed by atoms with Crippen molar-refractivity contribution < 1.29 is 9.21 Å². The zero-order chi connectivity index (χ0) is 23.5. The van der Waals surface area contributed by atoms with Crippen LogP contribution in [0.15, 0.2) is 101 Å². The molecule has 0 aliphatic carbocycles. The minimum Gasteiger partial charge on any atom is -0.455 e. The molecule has 166 valence electrons. The Morgan fingerprint density at radius 1 is 0.853 bits per heavy atom. The van der Waals surface area contributed by atoms with Crippen molar-refractivity contribution in [2.45, 2.75) is 0 Å². The number of carbonyl (C=O) groups is 1. The van der Waals surface area contributed by atoms with Crippen LogP contribution in [0.2, 0.25) is 10.0 Å². The summed E-state index contributed by atoms with van der Waals surface area (Å²) in [4.78, 5) is 17.7. The maximum atomic E-state index is 13.0. The van der Waals surface area contributed by atoms with Crippen molar-refractivity contribution in [2.24, 2.45) is 5.10 Å². The second-order valence-electron chi connectivity index (χ2n) is 7.47. The van der Waals surface area contributed by atoms with E-state index in [1.807, 2.05) is 60.7 Å². The molecular weight excluding hydrogens is 469 g/mol. The van der Waals surface area contributed by atoms with E-state index in [1.54, 1.807) is 30.3 Å². The number of amides is 1. The number of para-hydroxylation sites is 1. The summed E-state index contributed by atoms with van der Waals surface area (Å²) in [6, 6.07) is 27.8. The second kappa shape index (κ2) is 9.51. The van der Waals surface area contributed by atoms with Gasteiger partial charge in [0.2, 0.25) is 0 Å². The predicted octanol–water partition coefficient (Wildman–Crippen LogP) is 7.23. The summed E-state index contributed by atoms with van der Waals surface area (Å²) in [7, 11) is 0. The summed E-state index contributed by atoms with van der Waals surface area (Å²) in [5, 5.41) is 5.74. The summed E-state index contributed by atoms with van der Waals surface area (Å²) < 4.78 is 5.79. The van der Waals surface area contributed by atoms with Crippen molar-refractivity contribution in [3.8, 4) is 22.6 Å². The van der Waals surface area contributed by atoms with Gasteiger partial charge in [-0.1, -0.05) is 71.7 Å². The molecule has 0 spiro atoms. The third-order valence-corrected chi connectivity index (χ3v) is 5.96. The van der Waals surface area contributed by atoms with Crippen LogP contribution in [0, 0.1) is 0 Å². The van der Waals surface area contributed by atoms with E-state index in [0.29, 0.717) is 32.8 Å². The van der Waals surface area contributed by atoms with Gasteiger partial charge in [-0.15, -0.1) is 0 Å². The molecule has 0 saturated heterocycles. The highest BCUT2D eigenvalue weighted by Crippen LogP contribution is 2.29. The molecule has 34 heavy (non-hydrogen) atoms. The van der Waals surface area contributed by atoms with Crippen molar-refractivity contribution in [2.75, 3.05) is 0 Å². The Balaban J connectivity index is 1.38. The number of pyridine rings is 1. The summed E-state index contributed by atoms with van der Waals surface area (Å²) >= 11 is 12.1. The van der Waals surface area contributed by atoms with E-state index >= 15 is 0 Å². The lowest BCUT2D eigenvalue weighted by molar-refractivity contribution is 0.0956. The molecule has 0 bridgehead atoms. The molecule has 2 heterocycles. The zero-order valence-corrected chi connectivity index (χ0v) is 19.2. The minimum atomic E-state index is -0.344. The number of hydrogen-bond donors (Lipinski definition) is 1. The van der Waals surface area contributed by atoms with Gasteiger partial charge in [0.05, 0.1) is 33.0 Å². The van der Waals surface area contributed by atoms with Gasteiger partial charge in [-0.25, -0.2) is 10.4 Å². The first-order valence-electron chi connectivity index (χ1n) is 10.4. The highest BCUT2D eigenvalue weighted by atomic mass is 35.5. The number of hydrazone groups is 1. The number of rotatable bonds is 5. The van der Waals surface area contributed by atoms with E-state index in [-0.39, 0.29) is 5.91 Å². The van der Waals surface area contributed by atoms with Crippen LogP contribution in [0.3, 0.4) is 0 Å². The number of hydrogen-bond acceptors (Lipinski definition) is 4. The van der Waals surface area contributed by atoms with E-state index in [0.717, 1.165) is 22.0 Å². The maximum absolute atomic E-state index is 13.0. The van der Waals surface area contributed by atoms with E-state index in [9.17, 15) is 4.79 Å². The zero-order valence-electron chi connectivity index (χ0n) is 17.7. The number of fused-ring (bicyclic) bond motifs is 1. The highest BCUT2D eigenvalue weighted by Gasteiger charge is 2.13. The van der Waals surface area contributed by atoms with Gasteiger partial charge in [0, 0.05) is 16.5 Å². The average Bonchev–Trinajstić information content (AvgIpc) is 3.34. The Kier molecular flexibility index (Phi) is 6.12. The number of furan rings is 1. The van der Waals surface area contributed by atoms with Crippen LogP contribution in [0.25, 0.3) is 33.5 Å². The topological polar surface area (TPSA) is 67.5 Å². The summed E-state index contributed by atoms with van der Waals surface area (Å²) in [6.45, 7) is 0. The Hall–Kier alpha value is -3.93. The Bertz CT molecular complexity index is 1530. The molecule has 0 saturated carbocycles. The molecule has 1 amide bonds. The van der Waals surface area contributed by atoms with Gasteiger partial charge in [-0.05, 0) is 42.5 Å². The van der Waals surface area contributed by atoms with Crippen LogP contribution < -0.4 is 5.43 Å². The van der Waals surface area contributed by atoms with Gasteiger partial charge < -0.3 is 4.42 Å². The number of carbonyl (C=O) groups excluding carboxylic acids is 1. The molecule has 5 nitrogen and oxygen atoms in total. The van der Waals surface area contributed by atoms with Crippen LogP contribution in [-0.2, 0) is 0 Å². The summed E-state index contributed by atoms with van der Waals surface area (Å²) in [5.41, 5.74) is 6.23. The SMILES string of the molecule is O=C(N/N=C\c1ccc(-c2ccc(Cl)c(Cl)c2)o1)c1cc(-c2ccccc2)nc2ccccc12. The van der Waals surface area contributed by atoms with Gasteiger partial charge >= 0.3 is 0 Å². The van der Waals surface area contributed by atoms with Gasteiger partial charge in [-0.2, -0.15) is 5.10 Å².